The number of amides is 2. The molecule has 4 aliphatic carbocycles. The lowest BCUT2D eigenvalue weighted by molar-refractivity contribution is -0.115. The largest absolute Gasteiger partial charge is 0.398 e. The number of carbonyl (C=O) groups excluding carboxylic acids is 5. The molecule has 4 aliphatic rings. The van der Waals surface area contributed by atoms with Crippen LogP contribution in [-0.4, -0.2) is 60.6 Å². The molecule has 2 aromatic heterocycles. The summed E-state index contributed by atoms with van der Waals surface area (Å²) in [7, 11) is 0. The number of urea groups is 1. The molecule has 0 saturated heterocycles. The van der Waals surface area contributed by atoms with E-state index in [9.17, 15) is 24.0 Å². The van der Waals surface area contributed by atoms with Crippen LogP contribution in [-0.2, 0) is 30.0 Å². The van der Waals surface area contributed by atoms with Gasteiger partial charge in [-0.05, 0) is 199 Å². The van der Waals surface area contributed by atoms with Gasteiger partial charge in [-0.25, -0.2) is 14.2 Å². The maximum atomic E-state index is 13.2. The third kappa shape index (κ3) is 20.8. The summed E-state index contributed by atoms with van der Waals surface area (Å²) in [5, 5.41) is 36.0. The minimum Gasteiger partial charge on any atom is -0.398 e. The Hall–Kier alpha value is -11.8. The van der Waals surface area contributed by atoms with Gasteiger partial charge in [0.2, 0.25) is 0 Å². The Labute approximate surface area is 658 Å². The number of aliphatic hydroxyl groups excluding tert-OH is 1. The molecule has 10 aromatic carbocycles. The normalized spacial score (nSPS) is 14.2. The zero-order chi connectivity index (χ0) is 78.9. The van der Waals surface area contributed by atoms with Crippen LogP contribution in [0, 0.1) is 13.8 Å². The van der Waals surface area contributed by atoms with Crippen LogP contribution in [0.25, 0.3) is 71.2 Å². The molecule has 0 unspecified atom stereocenters. The fourth-order valence-corrected chi connectivity index (χ4v) is 14.2. The molecular weight excluding hydrogens is 1450 g/mol. The van der Waals surface area contributed by atoms with Crippen LogP contribution >= 0.6 is 15.9 Å². The summed E-state index contributed by atoms with van der Waals surface area (Å²) in [4.78, 5) is 58.8. The Morgan fingerprint density at radius 3 is 1.27 bits per heavy atom. The average Bonchev–Trinajstić information content (AvgIpc) is 1.48. The third-order valence-corrected chi connectivity index (χ3v) is 20.5. The third-order valence-electron chi connectivity index (χ3n) is 19.8. The summed E-state index contributed by atoms with van der Waals surface area (Å²) in [6.07, 6.45) is 19.3. The quantitative estimate of drug-likeness (QED) is 0.0526. The molecule has 568 valence electrons. The molecule has 16 rings (SSSR count). The molecule has 16 nitrogen and oxygen atoms in total. The van der Waals surface area contributed by atoms with Crippen LogP contribution in [0.15, 0.2) is 241 Å². The van der Waals surface area contributed by atoms with Crippen molar-refractivity contribution >= 4 is 139 Å². The van der Waals surface area contributed by atoms with E-state index >= 15 is 0 Å². The molecule has 2 heterocycles. The van der Waals surface area contributed by atoms with Crippen molar-refractivity contribution < 1.29 is 29.1 Å². The van der Waals surface area contributed by atoms with E-state index in [1.807, 2.05) is 189 Å². The van der Waals surface area contributed by atoms with Gasteiger partial charge in [0.25, 0.3) is 0 Å². The monoisotopic (exact) mass is 1540 g/mol. The number of benzene rings is 10. The number of nitrogen functional groups attached to an aromatic ring is 3. The lowest BCUT2D eigenvalue weighted by Crippen LogP contribution is -2.21. The number of allylic oxidation sites excluding steroid dienone is 8. The van der Waals surface area contributed by atoms with Crippen molar-refractivity contribution in [3.8, 4) is 11.4 Å². The number of hydrogen-bond acceptors (Lipinski definition) is 12. The second-order valence-corrected chi connectivity index (χ2v) is 31.2. The molecule has 12 aromatic rings. The summed E-state index contributed by atoms with van der Waals surface area (Å²) in [6, 6.07) is 67.7. The SMILES string of the molecule is Cc1ccc(-n2nc(C(C)(C)C)cc2N)cc1.Cc1ccc(-n2nc(C(C)(C)C)cc2NC(=O)Nc2ccc(C3=CC(=O)CCC3)c3ccccc23)cc1.Nc1ccc(Br)c2ccccc12.Nc1ccc(C2=CC(=O)CCC2)c2ccccc12.O=C1C=C(c2ccc(NCO)c3ccccc23)CCC1.O=C1C=CCCC1. The number of nitrogens with one attached hydrogen (secondary N) is 3. The molecule has 0 fully saturated rings. The van der Waals surface area contributed by atoms with Crippen LogP contribution in [0.3, 0.4) is 0 Å². The highest BCUT2D eigenvalue weighted by molar-refractivity contribution is 9.10. The maximum absolute atomic E-state index is 13.2. The van der Waals surface area contributed by atoms with Gasteiger partial charge in [-0.1, -0.05) is 214 Å². The van der Waals surface area contributed by atoms with Gasteiger partial charge in [0, 0.05) is 91.7 Å². The Balaban J connectivity index is 0.000000141. The van der Waals surface area contributed by atoms with Gasteiger partial charge in [0.1, 0.15) is 18.4 Å². The first-order chi connectivity index (χ1) is 53.3. The van der Waals surface area contributed by atoms with Crippen molar-refractivity contribution in [2.75, 3.05) is 39.9 Å². The number of anilines is 6. The molecule has 0 bridgehead atoms. The number of aryl methyl sites for hydroxylation is 2. The van der Waals surface area contributed by atoms with Gasteiger partial charge >= 0.3 is 6.03 Å². The second kappa shape index (κ2) is 36.6. The minimum atomic E-state index is -0.348. The number of rotatable bonds is 9. The Kier molecular flexibility index (Phi) is 26.5. The summed E-state index contributed by atoms with van der Waals surface area (Å²) in [6.45, 7) is 16.7. The fourth-order valence-electron chi connectivity index (χ4n) is 13.7. The summed E-state index contributed by atoms with van der Waals surface area (Å²) >= 11 is 3.48. The number of fused-ring (bicyclic) bond motifs is 4. The first kappa shape index (κ1) is 80.2. The highest BCUT2D eigenvalue weighted by Crippen LogP contribution is 2.39. The van der Waals surface area contributed by atoms with E-state index in [4.69, 9.17) is 27.4 Å². The number of aliphatic hydroxyl groups is 1. The van der Waals surface area contributed by atoms with Crippen LogP contribution in [0.5, 0.6) is 0 Å². The van der Waals surface area contributed by atoms with Crippen molar-refractivity contribution in [2.24, 2.45) is 0 Å². The van der Waals surface area contributed by atoms with E-state index < -0.39 is 0 Å². The van der Waals surface area contributed by atoms with Crippen LogP contribution in [0.4, 0.5) is 39.2 Å². The van der Waals surface area contributed by atoms with Gasteiger partial charge in [0.05, 0.1) is 28.5 Å². The van der Waals surface area contributed by atoms with Crippen molar-refractivity contribution in [3.63, 3.8) is 0 Å². The number of ketones is 4. The van der Waals surface area contributed by atoms with Gasteiger partial charge in [0.15, 0.2) is 23.1 Å². The number of aromatic nitrogens is 4. The minimum absolute atomic E-state index is 0.0179. The topological polar surface area (TPSA) is 255 Å². The molecule has 0 spiro atoms. The molecule has 10 N–H and O–H groups in total. The van der Waals surface area contributed by atoms with Crippen molar-refractivity contribution in [3.05, 3.63) is 280 Å². The highest BCUT2D eigenvalue weighted by Gasteiger charge is 2.24. The smallest absolute Gasteiger partial charge is 0.324 e. The van der Waals surface area contributed by atoms with Crippen molar-refractivity contribution in [1.29, 1.82) is 0 Å². The first-order valence-corrected chi connectivity index (χ1v) is 38.8. The Bertz CT molecular complexity index is 5490. The predicted molar refractivity (Wildman–Crippen MR) is 463 cm³/mol. The first-order valence-electron chi connectivity index (χ1n) is 38.0. The number of nitrogens with zero attached hydrogens (tertiary/aromatic N) is 4. The van der Waals surface area contributed by atoms with E-state index in [1.165, 1.54) is 5.56 Å². The highest BCUT2D eigenvalue weighted by atomic mass is 79.9. The molecular formula is C94H99BrN10O6. The molecule has 0 radical (unpaired) electrons. The van der Waals surface area contributed by atoms with Crippen molar-refractivity contribution in [2.45, 2.75) is 143 Å². The van der Waals surface area contributed by atoms with Crippen LogP contribution in [0.2, 0.25) is 0 Å². The Morgan fingerprint density at radius 1 is 0.441 bits per heavy atom. The number of nitrogens with two attached hydrogens (primary N) is 3. The summed E-state index contributed by atoms with van der Waals surface area (Å²) in [5.74, 6) is 2.18. The predicted octanol–water partition coefficient (Wildman–Crippen LogP) is 21.8. The van der Waals surface area contributed by atoms with E-state index in [0.717, 1.165) is 184 Å². The number of hydrogen-bond donors (Lipinski definition) is 7. The lowest BCUT2D eigenvalue weighted by Gasteiger charge is -2.17. The standard InChI is InChI=1S/C31H32N4O2.C17H17NO2.C16H15NO.C14H19N3.C10H8BrN.C6H8O/c1-20-12-14-22(15-13-20)35-29(19-28(34-35)31(2,3)4)33-30(37)32-27-17-16-24(21-8-7-9-23(36)18-21)25-10-5-6-11-26(25)27;19-11-18-17-9-8-14(12-4-3-5-13(20)10-12)15-6-1-2-7-16(15)17;17-16-9-8-13(11-4-3-5-12(18)10-11)14-6-1-2-7-15(14)16;1-10-5-7-11(8-6-10)17-13(15)9-12(16-17)14(2,3)4;11-9-5-6-10(12)8-4-2-1-3-7(8)9;7-6-4-2-1-3-5-6/h5-6,10-19H,7-9H2,1-4H3,(H2,32,33,37);1-2,6-10,18-19H,3-5,11H2;1-2,6-10H,3-5,17H2;5-9H,15H2,1-4H3;1-6H,12H2;2,4H,1,3,5H2. The van der Waals surface area contributed by atoms with Crippen LogP contribution < -0.4 is 33.2 Å². The second-order valence-electron chi connectivity index (χ2n) is 30.3. The zero-order valence-electron chi connectivity index (χ0n) is 64.6. The number of carbonyl (C=O) groups is 5. The molecule has 2 amide bonds. The molecule has 17 heteroatoms. The molecule has 0 saturated carbocycles. The van der Waals surface area contributed by atoms with E-state index in [-0.39, 0.29) is 46.7 Å². The lowest BCUT2D eigenvalue weighted by atomic mass is 9.89. The fraction of sp³-hybridized carbons (Fsp3) is 0.245. The van der Waals surface area contributed by atoms with E-state index in [0.29, 0.717) is 36.6 Å². The van der Waals surface area contributed by atoms with Crippen molar-refractivity contribution in [1.82, 2.24) is 19.6 Å². The molecule has 0 atom stereocenters. The van der Waals surface area contributed by atoms with Gasteiger partial charge in [-0.3, -0.25) is 24.5 Å². The van der Waals surface area contributed by atoms with Crippen LogP contribution in [0.1, 0.15) is 158 Å². The summed E-state index contributed by atoms with van der Waals surface area (Å²) < 4.78 is 4.65. The van der Waals surface area contributed by atoms with E-state index in [2.05, 4.69) is 116 Å². The van der Waals surface area contributed by atoms with E-state index in [1.54, 1.807) is 33.7 Å². The molecule has 0 aliphatic heterocycles. The zero-order valence-corrected chi connectivity index (χ0v) is 66.2. The number of halogens is 1. The van der Waals surface area contributed by atoms with Gasteiger partial charge in [-0.15, -0.1) is 0 Å². The van der Waals surface area contributed by atoms with Gasteiger partial charge in [-0.2, -0.15) is 10.2 Å². The van der Waals surface area contributed by atoms with Gasteiger partial charge < -0.3 is 32.9 Å². The average molecular weight is 1540 g/mol. The Morgan fingerprint density at radius 2 is 0.838 bits per heavy atom. The molecule has 111 heavy (non-hydrogen) atoms. The maximum Gasteiger partial charge on any atom is 0.324 e. The summed E-state index contributed by atoms with van der Waals surface area (Å²) in [5.41, 5.74) is 33.7.